The minimum atomic E-state index is 0.990. The number of hydrogen-bond acceptors (Lipinski definition) is 1. The number of pyridine rings is 1. The highest BCUT2D eigenvalue weighted by Gasteiger charge is 2.04. The van der Waals surface area contributed by atoms with E-state index in [0.29, 0.717) is 0 Å². The van der Waals surface area contributed by atoms with Crippen LogP contribution < -0.4 is 0 Å². The van der Waals surface area contributed by atoms with Crippen molar-refractivity contribution in [3.8, 4) is 0 Å². The molecule has 14 heavy (non-hydrogen) atoms. The molecule has 0 amide bonds. The van der Waals surface area contributed by atoms with Gasteiger partial charge in [-0.05, 0) is 18.1 Å². The summed E-state index contributed by atoms with van der Waals surface area (Å²) in [5, 5.41) is 0. The number of imidazole rings is 1. The third-order valence-corrected chi connectivity index (χ3v) is 2.57. The Bertz CT molecular complexity index is 429. The highest BCUT2D eigenvalue weighted by Crippen LogP contribution is 2.14. The molecule has 0 unspecified atom stereocenters. The number of nitrogens with zero attached hydrogens (tertiary/aromatic N) is 2. The molecule has 0 aliphatic heterocycles. The average molecular weight is 188 g/mol. The van der Waals surface area contributed by atoms with E-state index in [0.717, 1.165) is 18.7 Å². The maximum absolute atomic E-state index is 4.42. The summed E-state index contributed by atoms with van der Waals surface area (Å²) < 4.78 is 2.20. The lowest BCUT2D eigenvalue weighted by Crippen LogP contribution is -1.94. The van der Waals surface area contributed by atoms with Crippen molar-refractivity contribution < 1.29 is 0 Å². The average Bonchev–Trinajstić information content (AvgIpc) is 2.62. The SMILES string of the molecule is CCCc1cccn2c(CC)ncc12. The van der Waals surface area contributed by atoms with Crippen LogP contribution in [0.15, 0.2) is 24.5 Å². The molecule has 0 bridgehead atoms. The second-order valence-corrected chi connectivity index (χ2v) is 3.57. The van der Waals surface area contributed by atoms with Gasteiger partial charge in [0, 0.05) is 12.6 Å². The quantitative estimate of drug-likeness (QED) is 0.724. The van der Waals surface area contributed by atoms with Gasteiger partial charge in [0.25, 0.3) is 0 Å². The molecule has 0 atom stereocenters. The summed E-state index contributed by atoms with van der Waals surface area (Å²) >= 11 is 0. The largest absolute Gasteiger partial charge is 0.303 e. The van der Waals surface area contributed by atoms with Crippen molar-refractivity contribution in [3.05, 3.63) is 35.9 Å². The summed E-state index contributed by atoms with van der Waals surface area (Å²) in [4.78, 5) is 4.42. The monoisotopic (exact) mass is 188 g/mol. The fraction of sp³-hybridized carbons (Fsp3) is 0.417. The topological polar surface area (TPSA) is 17.3 Å². The molecule has 0 radical (unpaired) electrons. The lowest BCUT2D eigenvalue weighted by Gasteiger charge is -2.03. The number of hydrogen-bond donors (Lipinski definition) is 0. The highest BCUT2D eigenvalue weighted by molar-refractivity contribution is 5.54. The van der Waals surface area contributed by atoms with Crippen LogP contribution in [0.2, 0.25) is 0 Å². The summed E-state index contributed by atoms with van der Waals surface area (Å²) in [5.74, 6) is 1.15. The van der Waals surface area contributed by atoms with Gasteiger partial charge in [0.1, 0.15) is 5.82 Å². The fourth-order valence-corrected chi connectivity index (χ4v) is 1.88. The van der Waals surface area contributed by atoms with Crippen LogP contribution in [0.5, 0.6) is 0 Å². The highest BCUT2D eigenvalue weighted by atomic mass is 15.0. The molecule has 2 aromatic rings. The first-order valence-corrected chi connectivity index (χ1v) is 5.30. The Morgan fingerprint density at radius 2 is 2.21 bits per heavy atom. The summed E-state index contributed by atoms with van der Waals surface area (Å²) in [6.07, 6.45) is 7.40. The third-order valence-electron chi connectivity index (χ3n) is 2.57. The van der Waals surface area contributed by atoms with Gasteiger partial charge in [-0.2, -0.15) is 0 Å². The van der Waals surface area contributed by atoms with Gasteiger partial charge in [0.15, 0.2) is 0 Å². The number of aromatic nitrogens is 2. The summed E-state index contributed by atoms with van der Waals surface area (Å²) in [6, 6.07) is 4.30. The first-order valence-electron chi connectivity index (χ1n) is 5.30. The molecule has 0 spiro atoms. The second-order valence-electron chi connectivity index (χ2n) is 3.57. The molecule has 0 saturated heterocycles. The Balaban J connectivity index is 2.58. The van der Waals surface area contributed by atoms with Crippen molar-refractivity contribution in [2.75, 3.05) is 0 Å². The van der Waals surface area contributed by atoms with Gasteiger partial charge in [-0.3, -0.25) is 0 Å². The van der Waals surface area contributed by atoms with Crippen LogP contribution in [0, 0.1) is 0 Å². The minimum absolute atomic E-state index is 0.990. The minimum Gasteiger partial charge on any atom is -0.303 e. The second kappa shape index (κ2) is 3.82. The van der Waals surface area contributed by atoms with E-state index >= 15 is 0 Å². The lowest BCUT2D eigenvalue weighted by molar-refractivity contribution is 0.902. The van der Waals surface area contributed by atoms with E-state index < -0.39 is 0 Å². The van der Waals surface area contributed by atoms with Crippen molar-refractivity contribution in [2.24, 2.45) is 0 Å². The van der Waals surface area contributed by atoms with Crippen LogP contribution in [0.1, 0.15) is 31.7 Å². The summed E-state index contributed by atoms with van der Waals surface area (Å²) in [6.45, 7) is 4.35. The molecule has 74 valence electrons. The molecular weight excluding hydrogens is 172 g/mol. The molecule has 2 heteroatoms. The number of fused-ring (bicyclic) bond motifs is 1. The number of aryl methyl sites for hydroxylation is 2. The molecule has 0 aliphatic carbocycles. The molecule has 0 aromatic carbocycles. The van der Waals surface area contributed by atoms with Gasteiger partial charge < -0.3 is 4.40 Å². The van der Waals surface area contributed by atoms with E-state index in [9.17, 15) is 0 Å². The third kappa shape index (κ3) is 1.41. The zero-order chi connectivity index (χ0) is 9.97. The Kier molecular flexibility index (Phi) is 2.53. The first-order chi connectivity index (χ1) is 6.86. The van der Waals surface area contributed by atoms with Gasteiger partial charge in [0.2, 0.25) is 0 Å². The van der Waals surface area contributed by atoms with E-state index in [2.05, 4.69) is 41.6 Å². The van der Waals surface area contributed by atoms with Crippen LogP contribution in [0.25, 0.3) is 5.52 Å². The molecule has 0 fully saturated rings. The van der Waals surface area contributed by atoms with Gasteiger partial charge in [-0.15, -0.1) is 0 Å². The Labute approximate surface area is 84.6 Å². The van der Waals surface area contributed by atoms with E-state index in [1.54, 1.807) is 0 Å². The van der Waals surface area contributed by atoms with Crippen LogP contribution in [0.4, 0.5) is 0 Å². The van der Waals surface area contributed by atoms with Gasteiger partial charge in [-0.25, -0.2) is 4.98 Å². The molecule has 2 heterocycles. The van der Waals surface area contributed by atoms with E-state index in [-0.39, 0.29) is 0 Å². The molecular formula is C12H16N2. The molecule has 0 N–H and O–H groups in total. The number of rotatable bonds is 3. The molecule has 2 nitrogen and oxygen atoms in total. The van der Waals surface area contributed by atoms with Crippen LogP contribution >= 0.6 is 0 Å². The van der Waals surface area contributed by atoms with Crippen LogP contribution in [-0.4, -0.2) is 9.38 Å². The smallest absolute Gasteiger partial charge is 0.112 e. The van der Waals surface area contributed by atoms with Crippen LogP contribution in [-0.2, 0) is 12.8 Å². The van der Waals surface area contributed by atoms with E-state index in [1.165, 1.54) is 17.5 Å². The van der Waals surface area contributed by atoms with Crippen molar-refractivity contribution in [1.82, 2.24) is 9.38 Å². The van der Waals surface area contributed by atoms with E-state index in [1.807, 2.05) is 6.20 Å². The fourth-order valence-electron chi connectivity index (χ4n) is 1.88. The maximum Gasteiger partial charge on any atom is 0.112 e. The van der Waals surface area contributed by atoms with Gasteiger partial charge in [-0.1, -0.05) is 26.3 Å². The summed E-state index contributed by atoms with van der Waals surface area (Å²) in [7, 11) is 0. The molecule has 0 saturated carbocycles. The predicted molar refractivity (Wildman–Crippen MR) is 58.6 cm³/mol. The Hall–Kier alpha value is -1.31. The Morgan fingerprint density at radius 3 is 2.93 bits per heavy atom. The van der Waals surface area contributed by atoms with Crippen LogP contribution in [0.3, 0.4) is 0 Å². The van der Waals surface area contributed by atoms with E-state index in [4.69, 9.17) is 0 Å². The van der Waals surface area contributed by atoms with Crippen molar-refractivity contribution in [1.29, 1.82) is 0 Å². The maximum atomic E-state index is 4.42. The van der Waals surface area contributed by atoms with Gasteiger partial charge in [0.05, 0.1) is 11.7 Å². The lowest BCUT2D eigenvalue weighted by atomic mass is 10.1. The summed E-state index contributed by atoms with van der Waals surface area (Å²) in [5.41, 5.74) is 2.67. The Morgan fingerprint density at radius 1 is 1.36 bits per heavy atom. The first kappa shape index (κ1) is 9.25. The predicted octanol–water partition coefficient (Wildman–Crippen LogP) is 2.85. The van der Waals surface area contributed by atoms with Crippen molar-refractivity contribution >= 4 is 5.52 Å². The zero-order valence-electron chi connectivity index (χ0n) is 8.83. The van der Waals surface area contributed by atoms with Gasteiger partial charge >= 0.3 is 0 Å². The zero-order valence-corrected chi connectivity index (χ0v) is 8.83. The van der Waals surface area contributed by atoms with Crippen molar-refractivity contribution in [3.63, 3.8) is 0 Å². The molecule has 2 rings (SSSR count). The normalized spacial score (nSPS) is 11.0. The molecule has 0 aliphatic rings. The van der Waals surface area contributed by atoms with Crippen molar-refractivity contribution in [2.45, 2.75) is 33.1 Å². The molecule has 2 aromatic heterocycles. The standard InChI is InChI=1S/C12H16N2/c1-3-6-10-7-5-8-14-11(10)9-13-12(14)4-2/h5,7-9H,3-4,6H2,1-2H3.